The topological polar surface area (TPSA) is 128 Å². The molecule has 2 aromatic heterocycles. The maximum absolute atomic E-state index is 11.3. The zero-order valence-corrected chi connectivity index (χ0v) is 27.7. The minimum absolute atomic E-state index is 0.359. The number of carbonyl (C=O) groups is 2. The summed E-state index contributed by atoms with van der Waals surface area (Å²) in [5.41, 5.74) is 2.68. The number of halogens is 1. The van der Waals surface area contributed by atoms with Crippen molar-refractivity contribution in [3.05, 3.63) is 39.3 Å². The van der Waals surface area contributed by atoms with Crippen molar-refractivity contribution >= 4 is 75.8 Å². The monoisotopic (exact) mass is 690 g/mol. The summed E-state index contributed by atoms with van der Waals surface area (Å²) in [5, 5.41) is 7.94. The van der Waals surface area contributed by atoms with Crippen LogP contribution in [0.1, 0.15) is 44.6 Å². The Labute approximate surface area is 254 Å². The lowest BCUT2D eigenvalue weighted by Crippen LogP contribution is -2.06. The smallest absolute Gasteiger partial charge is 0.330 e. The molecule has 0 saturated carbocycles. The minimum Gasteiger partial charge on any atom is -0.463 e. The third-order valence-electron chi connectivity index (χ3n) is 4.29. The molecule has 0 saturated heterocycles. The highest BCUT2D eigenvalue weighted by Crippen LogP contribution is 2.22. The van der Waals surface area contributed by atoms with Crippen LogP contribution in [0.25, 0.3) is 6.08 Å². The molecule has 0 aliphatic rings. The average Bonchev–Trinajstić information content (AvgIpc) is 2.91. The van der Waals surface area contributed by atoms with Crippen LogP contribution in [-0.2, 0) is 19.1 Å². The Hall–Kier alpha value is -2.39. The number of esters is 2. The number of carbonyl (C=O) groups excluding carboxylic acids is 2. The van der Waals surface area contributed by atoms with Crippen molar-refractivity contribution in [3.63, 3.8) is 0 Å². The maximum atomic E-state index is 11.3. The van der Waals surface area contributed by atoms with Gasteiger partial charge in [-0.05, 0) is 82.7 Å². The summed E-state index contributed by atoms with van der Waals surface area (Å²) in [4.78, 5) is 38.9. The first kappa shape index (κ1) is 36.6. The Morgan fingerprint density at radius 1 is 0.846 bits per heavy atom. The van der Waals surface area contributed by atoms with Crippen LogP contribution in [0.5, 0.6) is 0 Å². The van der Waals surface area contributed by atoms with E-state index >= 15 is 0 Å². The Morgan fingerprint density at radius 2 is 1.33 bits per heavy atom. The fraction of sp³-hybridized carbons (Fsp3) is 0.462. The zero-order chi connectivity index (χ0) is 29.8. The van der Waals surface area contributed by atoms with Crippen molar-refractivity contribution in [1.82, 2.24) is 19.9 Å². The SMILES string of the molecule is C=CC(=O)OCC.CCNc1nc(SC)nc(C)c1/C=C/C(=O)OCC.CCNc1nc(SC)nc(C)c1I. The molecule has 0 atom stereocenters. The van der Waals surface area contributed by atoms with Crippen molar-refractivity contribution in [2.75, 3.05) is 49.4 Å². The quantitative estimate of drug-likeness (QED) is 0.0974. The first-order chi connectivity index (χ1) is 18.6. The summed E-state index contributed by atoms with van der Waals surface area (Å²) >= 11 is 5.32. The number of hydrogen-bond donors (Lipinski definition) is 2. The molecule has 10 nitrogen and oxygen atoms in total. The van der Waals surface area contributed by atoms with E-state index in [0.717, 1.165) is 56.5 Å². The number of rotatable bonds is 11. The van der Waals surface area contributed by atoms with Crippen LogP contribution >= 0.6 is 46.1 Å². The number of aryl methyl sites for hydroxylation is 2. The number of nitrogens with zero attached hydrogens (tertiary/aromatic N) is 4. The van der Waals surface area contributed by atoms with Crippen molar-refractivity contribution in [2.45, 2.75) is 51.9 Å². The molecule has 0 unspecified atom stereocenters. The van der Waals surface area contributed by atoms with E-state index in [1.165, 1.54) is 17.8 Å². The average molecular weight is 691 g/mol. The van der Waals surface area contributed by atoms with Crippen molar-refractivity contribution in [1.29, 1.82) is 0 Å². The second kappa shape index (κ2) is 21.4. The van der Waals surface area contributed by atoms with Gasteiger partial charge in [-0.3, -0.25) is 0 Å². The van der Waals surface area contributed by atoms with Gasteiger partial charge in [-0.1, -0.05) is 30.1 Å². The molecule has 0 spiro atoms. The fourth-order valence-corrected chi connectivity index (χ4v) is 3.85. The first-order valence-corrected chi connectivity index (χ1v) is 15.8. The summed E-state index contributed by atoms with van der Waals surface area (Å²) < 4.78 is 10.4. The van der Waals surface area contributed by atoms with E-state index in [0.29, 0.717) is 18.4 Å². The molecule has 0 amide bonds. The summed E-state index contributed by atoms with van der Waals surface area (Å²) in [6.45, 7) is 17.1. The Balaban J connectivity index is 0.000000622. The lowest BCUT2D eigenvalue weighted by atomic mass is 10.2. The van der Waals surface area contributed by atoms with Crippen molar-refractivity contribution in [3.8, 4) is 0 Å². The Morgan fingerprint density at radius 3 is 1.79 bits per heavy atom. The van der Waals surface area contributed by atoms with Gasteiger partial charge in [-0.2, -0.15) is 0 Å². The van der Waals surface area contributed by atoms with Gasteiger partial charge in [0.05, 0.1) is 28.2 Å². The van der Waals surface area contributed by atoms with Crippen LogP contribution in [0.4, 0.5) is 11.6 Å². The predicted octanol–water partition coefficient (Wildman–Crippen LogP) is 5.79. The number of aromatic nitrogens is 4. The van der Waals surface area contributed by atoms with Crippen molar-refractivity contribution < 1.29 is 19.1 Å². The third kappa shape index (κ3) is 14.5. The molecule has 0 bridgehead atoms. The molecule has 13 heteroatoms. The van der Waals surface area contributed by atoms with Gasteiger partial charge < -0.3 is 20.1 Å². The minimum atomic E-state index is -0.363. The molecule has 0 radical (unpaired) electrons. The molecule has 2 heterocycles. The van der Waals surface area contributed by atoms with Crippen LogP contribution in [0.15, 0.2) is 29.0 Å². The second-order valence-electron chi connectivity index (χ2n) is 7.12. The van der Waals surface area contributed by atoms with Gasteiger partial charge in [0.25, 0.3) is 0 Å². The standard InChI is InChI=1S/C13H19N3O2S.C8H12IN3S.C5H8O2/c1-5-14-12-10(7-8-11(17)18-6-2)9(3)15-13(16-12)19-4;1-4-10-7-6(9)5(2)11-8(12-7)13-3;1-3-5(6)7-4-2/h7-8H,5-6H2,1-4H3,(H,14,15,16);4H2,1-3H3,(H,10,11,12);3H,1,4H2,2H3/b8-7+;;. The van der Waals surface area contributed by atoms with E-state index in [9.17, 15) is 9.59 Å². The highest BCUT2D eigenvalue weighted by molar-refractivity contribution is 14.1. The summed E-state index contributed by atoms with van der Waals surface area (Å²) in [6.07, 6.45) is 8.14. The zero-order valence-electron chi connectivity index (χ0n) is 23.9. The van der Waals surface area contributed by atoms with Gasteiger partial charge in [-0.25, -0.2) is 29.5 Å². The van der Waals surface area contributed by atoms with E-state index in [2.05, 4.69) is 71.4 Å². The molecule has 0 aromatic carbocycles. The molecule has 0 fully saturated rings. The van der Waals surface area contributed by atoms with Crippen LogP contribution in [0, 0.1) is 17.4 Å². The molecular formula is C26H39IN6O4S2. The largest absolute Gasteiger partial charge is 0.463 e. The van der Waals surface area contributed by atoms with E-state index in [-0.39, 0.29) is 11.9 Å². The summed E-state index contributed by atoms with van der Waals surface area (Å²) in [6, 6.07) is 0. The highest BCUT2D eigenvalue weighted by atomic mass is 127. The van der Waals surface area contributed by atoms with Gasteiger partial charge in [0.1, 0.15) is 11.6 Å². The number of ether oxygens (including phenoxy) is 2. The molecule has 2 rings (SSSR count). The predicted molar refractivity (Wildman–Crippen MR) is 171 cm³/mol. The first-order valence-electron chi connectivity index (χ1n) is 12.2. The van der Waals surface area contributed by atoms with Crippen molar-refractivity contribution in [2.24, 2.45) is 0 Å². The fourth-order valence-electron chi connectivity index (χ4n) is 2.60. The van der Waals surface area contributed by atoms with Gasteiger partial charge in [0.15, 0.2) is 10.3 Å². The highest BCUT2D eigenvalue weighted by Gasteiger charge is 2.09. The molecule has 2 aromatic rings. The summed E-state index contributed by atoms with van der Waals surface area (Å²) in [5.74, 6) is 0.959. The van der Waals surface area contributed by atoms with Gasteiger partial charge in [0, 0.05) is 30.8 Å². The van der Waals surface area contributed by atoms with E-state index < -0.39 is 0 Å². The molecular weight excluding hydrogens is 651 g/mol. The second-order valence-corrected chi connectivity index (χ2v) is 9.74. The molecule has 2 N–H and O–H groups in total. The lowest BCUT2D eigenvalue weighted by Gasteiger charge is -2.10. The number of thioether (sulfide) groups is 2. The molecule has 0 aliphatic heterocycles. The molecule has 0 aliphatic carbocycles. The van der Waals surface area contributed by atoms with E-state index in [1.54, 1.807) is 31.7 Å². The molecule has 216 valence electrons. The Bertz CT molecular complexity index is 1100. The van der Waals surface area contributed by atoms with Crippen LogP contribution in [-0.4, -0.2) is 70.7 Å². The lowest BCUT2D eigenvalue weighted by molar-refractivity contribution is -0.138. The number of hydrogen-bond acceptors (Lipinski definition) is 12. The van der Waals surface area contributed by atoms with Crippen LogP contribution < -0.4 is 10.6 Å². The summed E-state index contributed by atoms with van der Waals surface area (Å²) in [7, 11) is 0. The van der Waals surface area contributed by atoms with Gasteiger partial charge >= 0.3 is 11.9 Å². The number of anilines is 2. The Kier molecular flexibility index (Phi) is 20.1. The van der Waals surface area contributed by atoms with Crippen LogP contribution in [0.3, 0.4) is 0 Å². The van der Waals surface area contributed by atoms with Gasteiger partial charge in [-0.15, -0.1) is 0 Å². The maximum Gasteiger partial charge on any atom is 0.330 e. The normalized spacial score (nSPS) is 9.97. The van der Waals surface area contributed by atoms with Crippen LogP contribution in [0.2, 0.25) is 0 Å². The molecule has 39 heavy (non-hydrogen) atoms. The number of nitrogens with one attached hydrogen (secondary N) is 2. The van der Waals surface area contributed by atoms with E-state index in [4.69, 9.17) is 4.74 Å². The van der Waals surface area contributed by atoms with E-state index in [1.807, 2.05) is 33.3 Å². The van der Waals surface area contributed by atoms with Gasteiger partial charge in [0.2, 0.25) is 0 Å². The third-order valence-corrected chi connectivity index (χ3v) is 6.68.